The van der Waals surface area contributed by atoms with Crippen molar-refractivity contribution in [3.63, 3.8) is 0 Å². The molecule has 0 unspecified atom stereocenters. The normalized spacial score (nSPS) is 12.1. The molecule has 0 amide bonds. The number of carbonyl (C=O) groups excluding carboxylic acids is 3. The molecule has 0 spiro atoms. The monoisotopic (exact) mass is 414 g/mol. The molecule has 3 rings (SSSR count). The summed E-state index contributed by atoms with van der Waals surface area (Å²) in [4.78, 5) is 43.7. The summed E-state index contributed by atoms with van der Waals surface area (Å²) in [5, 5.41) is 0.761. The maximum Gasteiger partial charge on any atom is 0.332 e. The highest BCUT2D eigenvalue weighted by molar-refractivity contribution is 7.18. The molecule has 0 saturated heterocycles. The number of benzene rings is 1. The van der Waals surface area contributed by atoms with E-state index in [9.17, 15) is 14.4 Å². The number of hydrogen-bond acceptors (Lipinski definition) is 7. The van der Waals surface area contributed by atoms with Crippen LogP contribution in [0.5, 0.6) is 0 Å². The molecule has 2 heterocycles. The number of nitrogens with one attached hydrogen (secondary N) is 1. The van der Waals surface area contributed by atoms with E-state index >= 15 is 0 Å². The number of aromatic amines is 1. The largest absolute Gasteiger partial charge is 0.452 e. The minimum Gasteiger partial charge on any atom is -0.452 e. The molecular formula is C21H22N2O5S. The maximum atomic E-state index is 12.6. The SMILES string of the molecule is CC(=O)c1c(C)[nH]c(C(=O)[C@@H](C)OC(=O)COCc2nc3ccccc3s2)c1C. The predicted molar refractivity (Wildman–Crippen MR) is 109 cm³/mol. The van der Waals surface area contributed by atoms with Gasteiger partial charge in [0, 0.05) is 11.3 Å². The third-order valence-corrected chi connectivity index (χ3v) is 5.51. The second-order valence-corrected chi connectivity index (χ2v) is 7.86. The van der Waals surface area contributed by atoms with Gasteiger partial charge in [0.05, 0.1) is 22.5 Å². The zero-order chi connectivity index (χ0) is 21.1. The van der Waals surface area contributed by atoms with E-state index in [0.717, 1.165) is 15.2 Å². The molecule has 2 aromatic heterocycles. The Hall–Kier alpha value is -2.84. The van der Waals surface area contributed by atoms with Gasteiger partial charge < -0.3 is 14.5 Å². The van der Waals surface area contributed by atoms with Crippen LogP contribution in [0.1, 0.15) is 51.0 Å². The summed E-state index contributed by atoms with van der Waals surface area (Å²) < 4.78 is 11.6. The van der Waals surface area contributed by atoms with Gasteiger partial charge in [-0.1, -0.05) is 12.1 Å². The Balaban J connectivity index is 1.54. The van der Waals surface area contributed by atoms with Crippen LogP contribution in [-0.4, -0.2) is 40.2 Å². The highest BCUT2D eigenvalue weighted by Crippen LogP contribution is 2.22. The predicted octanol–water partition coefficient (Wildman–Crippen LogP) is 3.78. The molecule has 0 saturated carbocycles. The lowest BCUT2D eigenvalue weighted by Gasteiger charge is -2.12. The average molecular weight is 414 g/mol. The van der Waals surface area contributed by atoms with Crippen molar-refractivity contribution in [1.82, 2.24) is 9.97 Å². The third-order valence-electron chi connectivity index (χ3n) is 4.50. The zero-order valence-corrected chi connectivity index (χ0v) is 17.5. The third kappa shape index (κ3) is 4.60. The number of rotatable bonds is 8. The molecule has 1 atom stereocenters. The highest BCUT2D eigenvalue weighted by atomic mass is 32.1. The Labute approximate surface area is 172 Å². The van der Waals surface area contributed by atoms with E-state index in [2.05, 4.69) is 9.97 Å². The van der Waals surface area contributed by atoms with Gasteiger partial charge in [0.25, 0.3) is 0 Å². The number of Topliss-reactive ketones (excluding diaryl/α,β-unsaturated/α-hetero) is 2. The number of H-pyrrole nitrogens is 1. The number of ether oxygens (including phenoxy) is 2. The molecule has 8 heteroatoms. The Morgan fingerprint density at radius 2 is 1.93 bits per heavy atom. The van der Waals surface area contributed by atoms with E-state index in [1.54, 1.807) is 13.8 Å². The minimum absolute atomic E-state index is 0.122. The quantitative estimate of drug-likeness (QED) is 0.445. The van der Waals surface area contributed by atoms with Gasteiger partial charge in [-0.2, -0.15) is 0 Å². The Bertz CT molecular complexity index is 1050. The van der Waals surface area contributed by atoms with Gasteiger partial charge in [0.2, 0.25) is 5.78 Å². The average Bonchev–Trinajstić information content (AvgIpc) is 3.20. The van der Waals surface area contributed by atoms with Gasteiger partial charge in [0.15, 0.2) is 11.9 Å². The van der Waals surface area contributed by atoms with Crippen molar-refractivity contribution in [2.45, 2.75) is 40.4 Å². The minimum atomic E-state index is -0.995. The number of ketones is 2. The lowest BCUT2D eigenvalue weighted by molar-refractivity contribution is -0.152. The van der Waals surface area contributed by atoms with E-state index in [4.69, 9.17) is 9.47 Å². The van der Waals surface area contributed by atoms with Gasteiger partial charge in [-0.25, -0.2) is 9.78 Å². The fourth-order valence-corrected chi connectivity index (χ4v) is 4.12. The molecule has 0 aliphatic carbocycles. The van der Waals surface area contributed by atoms with Crippen LogP contribution in [0.3, 0.4) is 0 Å². The first-order chi connectivity index (χ1) is 13.8. The van der Waals surface area contributed by atoms with E-state index < -0.39 is 17.9 Å². The molecule has 7 nitrogen and oxygen atoms in total. The molecule has 0 fully saturated rings. The smallest absolute Gasteiger partial charge is 0.332 e. The Kier molecular flexibility index (Phi) is 6.24. The van der Waals surface area contributed by atoms with Crippen LogP contribution in [-0.2, 0) is 20.9 Å². The number of nitrogens with zero attached hydrogens (tertiary/aromatic N) is 1. The number of thiazole rings is 1. The first kappa shape index (κ1) is 20.9. The molecule has 3 aromatic rings. The van der Waals surface area contributed by atoms with Crippen molar-refractivity contribution in [3.8, 4) is 0 Å². The molecule has 0 aliphatic rings. The number of esters is 1. The lowest BCUT2D eigenvalue weighted by Crippen LogP contribution is -2.27. The van der Waals surface area contributed by atoms with Crippen LogP contribution < -0.4 is 0 Å². The zero-order valence-electron chi connectivity index (χ0n) is 16.7. The molecule has 0 radical (unpaired) electrons. The van der Waals surface area contributed by atoms with Crippen molar-refractivity contribution in [3.05, 3.63) is 51.8 Å². The van der Waals surface area contributed by atoms with Crippen molar-refractivity contribution in [2.24, 2.45) is 0 Å². The van der Waals surface area contributed by atoms with Crippen LogP contribution in [0.2, 0.25) is 0 Å². The van der Waals surface area contributed by atoms with E-state index in [-0.39, 0.29) is 24.7 Å². The van der Waals surface area contributed by atoms with E-state index in [1.807, 2.05) is 24.3 Å². The summed E-state index contributed by atoms with van der Waals surface area (Å²) in [6, 6.07) is 7.74. The Morgan fingerprint density at radius 3 is 2.59 bits per heavy atom. The second kappa shape index (κ2) is 8.67. The molecular weight excluding hydrogens is 392 g/mol. The highest BCUT2D eigenvalue weighted by Gasteiger charge is 2.26. The number of hydrogen-bond donors (Lipinski definition) is 1. The van der Waals surface area contributed by atoms with Crippen LogP contribution in [0.15, 0.2) is 24.3 Å². The first-order valence-corrected chi connectivity index (χ1v) is 9.95. The summed E-state index contributed by atoms with van der Waals surface area (Å²) in [5.74, 6) is -1.15. The molecule has 29 heavy (non-hydrogen) atoms. The lowest BCUT2D eigenvalue weighted by atomic mass is 10.0. The number of fused-ring (bicyclic) bond motifs is 1. The summed E-state index contributed by atoms with van der Waals surface area (Å²) in [5.41, 5.74) is 2.85. The van der Waals surface area contributed by atoms with Crippen LogP contribution in [0.25, 0.3) is 10.2 Å². The van der Waals surface area contributed by atoms with Gasteiger partial charge in [-0.05, 0) is 45.4 Å². The van der Waals surface area contributed by atoms with Crippen LogP contribution >= 0.6 is 11.3 Å². The van der Waals surface area contributed by atoms with Crippen molar-refractivity contribution in [1.29, 1.82) is 0 Å². The van der Waals surface area contributed by atoms with E-state index in [1.165, 1.54) is 25.2 Å². The number of aromatic nitrogens is 2. The molecule has 0 bridgehead atoms. The van der Waals surface area contributed by atoms with Gasteiger partial charge in [0.1, 0.15) is 11.6 Å². The fourth-order valence-electron chi connectivity index (χ4n) is 3.22. The standard InChI is InChI=1S/C21H22N2O5S/c1-11-19(13(3)24)12(2)22-20(11)21(26)14(4)28-18(25)10-27-9-17-23-15-7-5-6-8-16(15)29-17/h5-8,14,22H,9-10H2,1-4H3/t14-/m1/s1. The summed E-state index contributed by atoms with van der Waals surface area (Å²) in [7, 11) is 0. The van der Waals surface area contributed by atoms with Crippen molar-refractivity contribution in [2.75, 3.05) is 6.61 Å². The molecule has 152 valence electrons. The van der Waals surface area contributed by atoms with Crippen LogP contribution in [0, 0.1) is 13.8 Å². The van der Waals surface area contributed by atoms with E-state index in [0.29, 0.717) is 16.8 Å². The Morgan fingerprint density at radius 1 is 1.21 bits per heavy atom. The summed E-state index contributed by atoms with van der Waals surface area (Å²) in [6.07, 6.45) is -0.995. The fraction of sp³-hybridized carbons (Fsp3) is 0.333. The molecule has 0 aliphatic heterocycles. The van der Waals surface area contributed by atoms with Crippen molar-refractivity contribution < 1.29 is 23.9 Å². The maximum absolute atomic E-state index is 12.6. The molecule has 1 N–H and O–H groups in total. The van der Waals surface area contributed by atoms with Gasteiger partial charge in [-0.15, -0.1) is 11.3 Å². The number of carbonyl (C=O) groups is 3. The summed E-state index contributed by atoms with van der Waals surface area (Å²) in [6.45, 7) is 6.28. The van der Waals surface area contributed by atoms with Crippen molar-refractivity contribution >= 4 is 39.1 Å². The number of para-hydroxylation sites is 1. The topological polar surface area (TPSA) is 98.3 Å². The first-order valence-electron chi connectivity index (χ1n) is 9.14. The number of aryl methyl sites for hydroxylation is 1. The van der Waals surface area contributed by atoms with Gasteiger partial charge in [-0.3, -0.25) is 9.59 Å². The second-order valence-electron chi connectivity index (χ2n) is 6.75. The molecule has 1 aromatic carbocycles. The van der Waals surface area contributed by atoms with Gasteiger partial charge >= 0.3 is 5.97 Å². The van der Waals surface area contributed by atoms with Crippen LogP contribution in [0.4, 0.5) is 0 Å². The summed E-state index contributed by atoms with van der Waals surface area (Å²) >= 11 is 1.50.